The van der Waals surface area contributed by atoms with E-state index in [2.05, 4.69) is 10.3 Å². The maximum Gasteiger partial charge on any atom is 0.302 e. The van der Waals surface area contributed by atoms with Crippen LogP contribution in [0.3, 0.4) is 0 Å². The van der Waals surface area contributed by atoms with Gasteiger partial charge in [0.25, 0.3) is 11.7 Å². The molecule has 2 aromatic heterocycles. The molecule has 0 radical (unpaired) electrons. The minimum atomic E-state index is -0.831. The third-order valence-corrected chi connectivity index (χ3v) is 5.98. The molecule has 0 atom stereocenters. The van der Waals surface area contributed by atoms with E-state index in [9.17, 15) is 9.59 Å². The summed E-state index contributed by atoms with van der Waals surface area (Å²) >= 11 is 6.02. The summed E-state index contributed by atoms with van der Waals surface area (Å²) in [5.74, 6) is -0.930. The Morgan fingerprint density at radius 1 is 1.09 bits per heavy atom. The molecule has 0 fully saturated rings. The van der Waals surface area contributed by atoms with Crippen molar-refractivity contribution in [1.82, 2.24) is 9.55 Å². The van der Waals surface area contributed by atoms with Crippen molar-refractivity contribution in [3.63, 3.8) is 0 Å². The molecular weight excluding hydrogens is 454 g/mol. The third kappa shape index (κ3) is 3.91. The van der Waals surface area contributed by atoms with E-state index in [1.165, 1.54) is 0 Å². The fourth-order valence-corrected chi connectivity index (χ4v) is 4.17. The number of benzene rings is 3. The number of ketones is 1. The number of halogens is 1. The summed E-state index contributed by atoms with van der Waals surface area (Å²) in [6, 6.07) is 20.1. The Hall–Kier alpha value is -4.10. The smallest absolute Gasteiger partial charge is 0.302 e. The molecule has 0 aliphatic carbocycles. The summed E-state index contributed by atoms with van der Waals surface area (Å²) in [6.07, 6.45) is 0. The van der Waals surface area contributed by atoms with Gasteiger partial charge in [0.15, 0.2) is 5.58 Å². The van der Waals surface area contributed by atoms with Crippen molar-refractivity contribution >= 4 is 51.3 Å². The number of methoxy groups -OCH3 is 1. The number of hydrogen-bond donors (Lipinski definition) is 1. The number of carbonyl (C=O) groups excluding carboxylic acids is 2. The highest BCUT2D eigenvalue weighted by atomic mass is 35.5. The predicted molar refractivity (Wildman–Crippen MR) is 131 cm³/mol. The molecular formula is C26H20ClN3O4. The molecule has 2 heterocycles. The second kappa shape index (κ2) is 8.68. The molecule has 0 unspecified atom stereocenters. The predicted octanol–water partition coefficient (Wildman–Crippen LogP) is 5.62. The number of hydrogen-bond acceptors (Lipinski definition) is 5. The van der Waals surface area contributed by atoms with Crippen LogP contribution in [-0.2, 0) is 11.3 Å². The van der Waals surface area contributed by atoms with Gasteiger partial charge in [0.1, 0.15) is 11.3 Å². The van der Waals surface area contributed by atoms with E-state index in [0.717, 1.165) is 11.1 Å². The number of aromatic nitrogens is 2. The third-order valence-electron chi connectivity index (χ3n) is 5.73. The highest BCUT2D eigenvalue weighted by Crippen LogP contribution is 2.31. The SMILES string of the molecule is COc1ccc2c(c1)c(C(=O)C(=O)Nc1nc3ccccc3o1)c(C)n2Cc1ccc(Cl)cc1. The Morgan fingerprint density at radius 3 is 2.59 bits per heavy atom. The summed E-state index contributed by atoms with van der Waals surface area (Å²) in [5.41, 5.74) is 3.89. The molecule has 0 saturated carbocycles. The Kier molecular flexibility index (Phi) is 5.55. The molecule has 1 N–H and O–H groups in total. The molecule has 170 valence electrons. The van der Waals surface area contributed by atoms with Crippen LogP contribution in [0.25, 0.3) is 22.0 Å². The van der Waals surface area contributed by atoms with E-state index in [1.54, 1.807) is 31.4 Å². The number of nitrogens with zero attached hydrogens (tertiary/aromatic N) is 2. The van der Waals surface area contributed by atoms with Crippen molar-refractivity contribution in [3.05, 3.63) is 88.6 Å². The van der Waals surface area contributed by atoms with Crippen molar-refractivity contribution in [2.75, 3.05) is 12.4 Å². The maximum atomic E-state index is 13.4. The van der Waals surface area contributed by atoms with Crippen LogP contribution in [0.4, 0.5) is 6.01 Å². The topological polar surface area (TPSA) is 86.4 Å². The second-order valence-electron chi connectivity index (χ2n) is 7.83. The van der Waals surface area contributed by atoms with Gasteiger partial charge >= 0.3 is 6.01 Å². The van der Waals surface area contributed by atoms with E-state index in [4.69, 9.17) is 20.8 Å². The first kappa shape index (κ1) is 21.7. The Balaban J connectivity index is 1.54. The first-order chi connectivity index (χ1) is 16.4. The molecule has 0 bridgehead atoms. The van der Waals surface area contributed by atoms with E-state index in [1.807, 2.05) is 54.0 Å². The Labute approximate surface area is 199 Å². The molecule has 5 rings (SSSR count). The number of Topliss-reactive ketones (excluding diaryl/α,β-unsaturated/α-hetero) is 1. The quantitative estimate of drug-likeness (QED) is 0.255. The molecule has 7 nitrogen and oxygen atoms in total. The van der Waals surface area contributed by atoms with Gasteiger partial charge in [-0.25, -0.2) is 0 Å². The summed E-state index contributed by atoms with van der Waals surface area (Å²) < 4.78 is 12.9. The van der Waals surface area contributed by atoms with Gasteiger partial charge in [-0.3, -0.25) is 14.9 Å². The van der Waals surface area contributed by atoms with E-state index in [-0.39, 0.29) is 6.01 Å². The zero-order valence-corrected chi connectivity index (χ0v) is 19.2. The summed E-state index contributed by atoms with van der Waals surface area (Å²) in [5, 5.41) is 3.77. The fraction of sp³-hybridized carbons (Fsp3) is 0.115. The van der Waals surface area contributed by atoms with Crippen molar-refractivity contribution < 1.29 is 18.7 Å². The van der Waals surface area contributed by atoms with Crippen LogP contribution in [0, 0.1) is 6.92 Å². The van der Waals surface area contributed by atoms with Gasteiger partial charge < -0.3 is 13.7 Å². The molecule has 0 spiro atoms. The van der Waals surface area contributed by atoms with Gasteiger partial charge in [0.05, 0.1) is 12.7 Å². The second-order valence-corrected chi connectivity index (χ2v) is 8.26. The summed E-state index contributed by atoms with van der Waals surface area (Å²) in [6.45, 7) is 2.33. The number of rotatable bonds is 6. The number of fused-ring (bicyclic) bond motifs is 2. The highest BCUT2D eigenvalue weighted by Gasteiger charge is 2.27. The number of anilines is 1. The highest BCUT2D eigenvalue weighted by molar-refractivity contribution is 6.48. The molecule has 5 aromatic rings. The number of oxazole rings is 1. The fourth-order valence-electron chi connectivity index (χ4n) is 4.04. The van der Waals surface area contributed by atoms with Crippen LogP contribution in [0.2, 0.25) is 5.02 Å². The first-order valence-electron chi connectivity index (χ1n) is 10.6. The van der Waals surface area contributed by atoms with E-state index < -0.39 is 11.7 Å². The van der Waals surface area contributed by atoms with Gasteiger partial charge in [-0.1, -0.05) is 35.9 Å². The molecule has 8 heteroatoms. The van der Waals surface area contributed by atoms with Crippen LogP contribution in [0.5, 0.6) is 5.75 Å². The van der Waals surface area contributed by atoms with Gasteiger partial charge in [0, 0.05) is 28.2 Å². The van der Waals surface area contributed by atoms with Gasteiger partial charge in [-0.2, -0.15) is 4.98 Å². The van der Waals surface area contributed by atoms with E-state index >= 15 is 0 Å². The molecule has 1 amide bonds. The number of nitrogens with one attached hydrogen (secondary N) is 1. The van der Waals surface area contributed by atoms with Crippen LogP contribution in [-0.4, -0.2) is 28.4 Å². The zero-order chi connectivity index (χ0) is 23.8. The minimum absolute atomic E-state index is 0.0281. The van der Waals surface area contributed by atoms with Crippen LogP contribution >= 0.6 is 11.6 Å². The summed E-state index contributed by atoms with van der Waals surface area (Å²) in [7, 11) is 1.56. The van der Waals surface area contributed by atoms with Crippen LogP contribution in [0.1, 0.15) is 21.6 Å². The maximum absolute atomic E-state index is 13.4. The molecule has 0 aliphatic rings. The summed E-state index contributed by atoms with van der Waals surface area (Å²) in [4.78, 5) is 30.5. The standard InChI is InChI=1S/C26H20ClN3O4/c1-15-23(24(31)25(32)29-26-28-20-5-3-4-6-22(20)34-26)19-13-18(33-2)11-12-21(19)30(15)14-16-7-9-17(27)10-8-16/h3-13H,14H2,1-2H3,(H,28,29,32). The average molecular weight is 474 g/mol. The normalized spacial score (nSPS) is 11.1. The lowest BCUT2D eigenvalue weighted by Crippen LogP contribution is -2.23. The number of carbonyl (C=O) groups is 2. The lowest BCUT2D eigenvalue weighted by molar-refractivity contribution is -0.112. The van der Waals surface area contributed by atoms with Crippen molar-refractivity contribution in [1.29, 1.82) is 0 Å². The van der Waals surface area contributed by atoms with Gasteiger partial charge in [0.2, 0.25) is 0 Å². The number of ether oxygens (including phenoxy) is 1. The Morgan fingerprint density at radius 2 is 1.85 bits per heavy atom. The Bertz CT molecular complexity index is 1520. The average Bonchev–Trinajstić information content (AvgIpc) is 3.37. The lowest BCUT2D eigenvalue weighted by atomic mass is 10.1. The van der Waals surface area contributed by atoms with E-state index in [0.29, 0.717) is 45.1 Å². The van der Waals surface area contributed by atoms with Gasteiger partial charge in [-0.05, 0) is 55.0 Å². The largest absolute Gasteiger partial charge is 0.497 e. The lowest BCUT2D eigenvalue weighted by Gasteiger charge is -2.09. The molecule has 34 heavy (non-hydrogen) atoms. The van der Waals surface area contributed by atoms with Crippen LogP contribution in [0.15, 0.2) is 71.1 Å². The van der Waals surface area contributed by atoms with Crippen molar-refractivity contribution in [3.8, 4) is 5.75 Å². The van der Waals surface area contributed by atoms with Crippen LogP contribution < -0.4 is 10.1 Å². The molecule has 0 saturated heterocycles. The van der Waals surface area contributed by atoms with Crippen molar-refractivity contribution in [2.45, 2.75) is 13.5 Å². The monoisotopic (exact) mass is 473 g/mol. The molecule has 0 aliphatic heterocycles. The molecule has 3 aromatic carbocycles. The number of amides is 1. The minimum Gasteiger partial charge on any atom is -0.497 e. The van der Waals surface area contributed by atoms with Crippen molar-refractivity contribution in [2.24, 2.45) is 0 Å². The van der Waals surface area contributed by atoms with Gasteiger partial charge in [-0.15, -0.1) is 0 Å². The first-order valence-corrected chi connectivity index (χ1v) is 10.9. The zero-order valence-electron chi connectivity index (χ0n) is 18.5. The number of para-hydroxylation sites is 2.